The van der Waals surface area contributed by atoms with Gasteiger partial charge in [-0.25, -0.2) is 13.4 Å². The summed E-state index contributed by atoms with van der Waals surface area (Å²) in [6, 6.07) is 0. The summed E-state index contributed by atoms with van der Waals surface area (Å²) in [4.78, 5) is 2.64. The van der Waals surface area contributed by atoms with E-state index in [1.54, 1.807) is 9.69 Å². The van der Waals surface area contributed by atoms with E-state index in [9.17, 15) is 8.42 Å². The van der Waals surface area contributed by atoms with Gasteiger partial charge in [-0.2, -0.15) is 5.10 Å². The van der Waals surface area contributed by atoms with Crippen molar-refractivity contribution in [2.45, 2.75) is 44.0 Å². The van der Waals surface area contributed by atoms with E-state index in [0.717, 1.165) is 38.8 Å². The zero-order valence-corrected chi connectivity index (χ0v) is 12.0. The number of nitrogens with two attached hydrogens (primary N) is 1. The fourth-order valence-corrected chi connectivity index (χ4v) is 3.37. The fourth-order valence-electron chi connectivity index (χ4n) is 2.17. The normalized spacial score (nSPS) is 17.7. The van der Waals surface area contributed by atoms with Crippen LogP contribution >= 0.6 is 0 Å². The van der Waals surface area contributed by atoms with E-state index >= 15 is 0 Å². The summed E-state index contributed by atoms with van der Waals surface area (Å²) < 4.78 is 26.1. The molecule has 108 valence electrons. The molecule has 0 spiro atoms. The van der Waals surface area contributed by atoms with Crippen molar-refractivity contribution >= 4 is 15.8 Å². The van der Waals surface area contributed by atoms with Gasteiger partial charge in [-0.05, 0) is 19.3 Å². The SMILES string of the molecule is CCCn1cc(S(=O)(=O)NN2CCCCC2)c(N)n1. The molecule has 0 unspecified atom stereocenters. The number of hydrogen-bond acceptors (Lipinski definition) is 5. The lowest BCUT2D eigenvalue weighted by Gasteiger charge is -2.26. The Morgan fingerprint density at radius 3 is 2.68 bits per heavy atom. The molecule has 1 aromatic heterocycles. The van der Waals surface area contributed by atoms with Crippen molar-refractivity contribution in [3.8, 4) is 0 Å². The minimum atomic E-state index is -3.62. The first-order valence-electron chi connectivity index (χ1n) is 6.63. The summed E-state index contributed by atoms with van der Waals surface area (Å²) in [7, 11) is -3.62. The van der Waals surface area contributed by atoms with Crippen LogP contribution in [-0.2, 0) is 16.6 Å². The van der Waals surface area contributed by atoms with Crippen molar-refractivity contribution in [3.63, 3.8) is 0 Å². The average Bonchev–Trinajstić information content (AvgIpc) is 2.72. The van der Waals surface area contributed by atoms with Crippen LogP contribution in [0.25, 0.3) is 0 Å². The number of nitrogen functional groups attached to an aromatic ring is 1. The average molecular weight is 287 g/mol. The molecule has 0 saturated carbocycles. The smallest absolute Gasteiger partial charge is 0.258 e. The number of piperidine rings is 1. The van der Waals surface area contributed by atoms with Gasteiger partial charge in [0.15, 0.2) is 5.82 Å². The molecule has 19 heavy (non-hydrogen) atoms. The molecule has 0 radical (unpaired) electrons. The van der Waals surface area contributed by atoms with Crippen LogP contribution in [0.1, 0.15) is 32.6 Å². The van der Waals surface area contributed by atoms with Gasteiger partial charge in [0, 0.05) is 25.8 Å². The molecule has 1 saturated heterocycles. The van der Waals surface area contributed by atoms with Crippen molar-refractivity contribution in [3.05, 3.63) is 6.20 Å². The van der Waals surface area contributed by atoms with Crippen LogP contribution in [-0.4, -0.2) is 36.3 Å². The predicted molar refractivity (Wildman–Crippen MR) is 72.7 cm³/mol. The van der Waals surface area contributed by atoms with Crippen molar-refractivity contribution in [2.75, 3.05) is 18.8 Å². The Morgan fingerprint density at radius 2 is 2.05 bits per heavy atom. The van der Waals surface area contributed by atoms with E-state index in [0.29, 0.717) is 6.54 Å². The lowest BCUT2D eigenvalue weighted by atomic mass is 10.2. The van der Waals surface area contributed by atoms with Crippen molar-refractivity contribution in [1.82, 2.24) is 19.6 Å². The maximum absolute atomic E-state index is 12.3. The van der Waals surface area contributed by atoms with Crippen molar-refractivity contribution < 1.29 is 8.42 Å². The molecule has 0 aromatic carbocycles. The molecule has 2 heterocycles. The molecule has 0 atom stereocenters. The summed E-state index contributed by atoms with van der Waals surface area (Å²) >= 11 is 0. The molecule has 2 rings (SSSR count). The van der Waals surface area contributed by atoms with E-state index in [1.165, 1.54) is 6.20 Å². The number of sulfonamides is 1. The second kappa shape index (κ2) is 5.89. The lowest BCUT2D eigenvalue weighted by molar-refractivity contribution is 0.200. The standard InChI is InChI=1S/C11H21N5O2S/c1-2-6-16-9-10(11(12)13-16)19(17,18)14-15-7-4-3-5-8-15/h9,14H,2-8H2,1H3,(H2,12,13). The maximum atomic E-state index is 12.3. The predicted octanol–water partition coefficient (Wildman–Crippen LogP) is 0.555. The second-order valence-corrected chi connectivity index (χ2v) is 6.41. The number of aryl methyl sites for hydroxylation is 1. The highest BCUT2D eigenvalue weighted by molar-refractivity contribution is 7.89. The van der Waals surface area contributed by atoms with Gasteiger partial charge in [-0.15, -0.1) is 4.83 Å². The summed E-state index contributed by atoms with van der Waals surface area (Å²) in [5.41, 5.74) is 5.69. The minimum Gasteiger partial charge on any atom is -0.381 e. The summed E-state index contributed by atoms with van der Waals surface area (Å²) in [5, 5.41) is 5.75. The van der Waals surface area contributed by atoms with Gasteiger partial charge in [0.2, 0.25) is 0 Å². The van der Waals surface area contributed by atoms with E-state index in [2.05, 4.69) is 9.93 Å². The van der Waals surface area contributed by atoms with E-state index in [1.807, 2.05) is 6.92 Å². The number of anilines is 1. The van der Waals surface area contributed by atoms with Gasteiger partial charge >= 0.3 is 0 Å². The second-order valence-electron chi connectivity index (χ2n) is 4.78. The summed E-state index contributed by atoms with van der Waals surface area (Å²) in [6.45, 7) is 4.13. The van der Waals surface area contributed by atoms with Gasteiger partial charge in [-0.3, -0.25) is 4.68 Å². The largest absolute Gasteiger partial charge is 0.381 e. The summed E-state index contributed by atoms with van der Waals surface area (Å²) in [5.74, 6) is 0.0537. The Kier molecular flexibility index (Phi) is 4.43. The van der Waals surface area contributed by atoms with Crippen LogP contribution in [0.3, 0.4) is 0 Å². The first-order valence-corrected chi connectivity index (χ1v) is 8.11. The zero-order valence-electron chi connectivity index (χ0n) is 11.2. The maximum Gasteiger partial charge on any atom is 0.258 e. The molecule has 1 aromatic rings. The Morgan fingerprint density at radius 1 is 1.37 bits per heavy atom. The topological polar surface area (TPSA) is 93.2 Å². The van der Waals surface area contributed by atoms with Crippen molar-refractivity contribution in [2.24, 2.45) is 0 Å². The van der Waals surface area contributed by atoms with Crippen LogP contribution in [0.15, 0.2) is 11.1 Å². The Bertz CT molecular complexity index is 519. The number of aromatic nitrogens is 2. The van der Waals surface area contributed by atoms with Gasteiger partial charge in [-0.1, -0.05) is 13.3 Å². The molecular formula is C11H21N5O2S. The highest BCUT2D eigenvalue weighted by Gasteiger charge is 2.24. The van der Waals surface area contributed by atoms with Crippen LogP contribution in [0, 0.1) is 0 Å². The number of rotatable bonds is 5. The first kappa shape index (κ1) is 14.3. The highest BCUT2D eigenvalue weighted by atomic mass is 32.2. The highest BCUT2D eigenvalue weighted by Crippen LogP contribution is 2.17. The quantitative estimate of drug-likeness (QED) is 0.825. The number of hydrogen-bond donors (Lipinski definition) is 2. The first-order chi connectivity index (χ1) is 9.03. The molecule has 0 bridgehead atoms. The van der Waals surface area contributed by atoms with Crippen LogP contribution in [0.2, 0.25) is 0 Å². The van der Waals surface area contributed by atoms with Crippen LogP contribution in [0.5, 0.6) is 0 Å². The Hall–Kier alpha value is -1.12. The fraction of sp³-hybridized carbons (Fsp3) is 0.727. The molecule has 1 fully saturated rings. The van der Waals surface area contributed by atoms with E-state index in [-0.39, 0.29) is 10.7 Å². The van der Waals surface area contributed by atoms with E-state index in [4.69, 9.17) is 5.73 Å². The number of hydrazine groups is 1. The third-order valence-electron chi connectivity index (χ3n) is 3.10. The summed E-state index contributed by atoms with van der Waals surface area (Å²) in [6.07, 6.45) is 5.53. The third-order valence-corrected chi connectivity index (χ3v) is 4.49. The Labute approximate surface area is 113 Å². The molecule has 0 amide bonds. The molecule has 1 aliphatic rings. The number of nitrogens with zero attached hydrogens (tertiary/aromatic N) is 3. The van der Waals surface area contributed by atoms with Crippen molar-refractivity contribution in [1.29, 1.82) is 0 Å². The van der Waals surface area contributed by atoms with Gasteiger partial charge in [0.05, 0.1) is 0 Å². The van der Waals surface area contributed by atoms with Gasteiger partial charge in [0.1, 0.15) is 4.90 Å². The molecule has 8 heteroatoms. The zero-order chi connectivity index (χ0) is 13.9. The molecule has 7 nitrogen and oxygen atoms in total. The van der Waals surface area contributed by atoms with Gasteiger partial charge < -0.3 is 5.73 Å². The van der Waals surface area contributed by atoms with Gasteiger partial charge in [0.25, 0.3) is 10.0 Å². The third kappa shape index (κ3) is 3.46. The van der Waals surface area contributed by atoms with Crippen LogP contribution < -0.4 is 10.6 Å². The van der Waals surface area contributed by atoms with Crippen LogP contribution in [0.4, 0.5) is 5.82 Å². The minimum absolute atomic E-state index is 0.0537. The monoisotopic (exact) mass is 287 g/mol. The molecule has 3 N–H and O–H groups in total. The number of nitrogens with one attached hydrogen (secondary N) is 1. The Balaban J connectivity index is 2.14. The molecular weight excluding hydrogens is 266 g/mol. The molecule has 0 aliphatic carbocycles. The van der Waals surface area contributed by atoms with E-state index < -0.39 is 10.0 Å². The molecule has 1 aliphatic heterocycles. The lowest BCUT2D eigenvalue weighted by Crippen LogP contribution is -2.44.